The van der Waals surface area contributed by atoms with Gasteiger partial charge in [0.15, 0.2) is 5.82 Å². The number of carbonyl (C=O) groups is 1. The second-order valence-electron chi connectivity index (χ2n) is 8.37. The van der Waals surface area contributed by atoms with Gasteiger partial charge in [0.05, 0.1) is 0 Å². The molecule has 2 saturated heterocycles. The predicted molar refractivity (Wildman–Crippen MR) is 106 cm³/mol. The van der Waals surface area contributed by atoms with Crippen molar-refractivity contribution in [3.8, 4) is 0 Å². The Labute approximate surface area is 170 Å². The molecule has 0 saturated carbocycles. The number of aliphatic imine (C=N–C) groups is 1. The van der Waals surface area contributed by atoms with E-state index in [1.54, 1.807) is 11.2 Å². The number of fused-ring (bicyclic) bond motifs is 1. The molecule has 0 spiro atoms. The molecule has 154 valence electrons. The standard InChI is InChI=1S/C20H27N7O2/c1-14-8-25(9-15-6-21-12-22-7-15)10-17(14)19-23-18-11-26(13-27(18)20(28)24-19)16-2-4-29-5-3-16/h6-7,11-12,14,16-17H,2-5,8-10,13H2,1H3,(H,23,24,28). The van der Waals surface area contributed by atoms with Gasteiger partial charge < -0.3 is 9.64 Å². The van der Waals surface area contributed by atoms with Crippen LogP contribution in [0.2, 0.25) is 0 Å². The molecule has 0 aromatic carbocycles. The van der Waals surface area contributed by atoms with Crippen LogP contribution in [0.25, 0.3) is 0 Å². The first-order chi connectivity index (χ1) is 14.2. The van der Waals surface area contributed by atoms with Crippen molar-refractivity contribution in [2.75, 3.05) is 33.0 Å². The molecule has 0 bridgehead atoms. The third-order valence-electron chi connectivity index (χ3n) is 6.30. The number of urea groups is 1. The van der Waals surface area contributed by atoms with Gasteiger partial charge in [-0.3, -0.25) is 15.1 Å². The lowest BCUT2D eigenvalue weighted by atomic mass is 9.96. The van der Waals surface area contributed by atoms with E-state index < -0.39 is 0 Å². The lowest BCUT2D eigenvalue weighted by molar-refractivity contribution is 0.0459. The molecule has 4 aliphatic heterocycles. The number of hydrogen-bond acceptors (Lipinski definition) is 7. The molecule has 2 unspecified atom stereocenters. The Balaban J connectivity index is 1.30. The summed E-state index contributed by atoms with van der Waals surface area (Å²) < 4.78 is 5.47. The Morgan fingerprint density at radius 2 is 2.00 bits per heavy atom. The van der Waals surface area contributed by atoms with Crippen molar-refractivity contribution >= 4 is 11.9 Å². The number of nitrogens with one attached hydrogen (secondary N) is 1. The molecule has 9 heteroatoms. The van der Waals surface area contributed by atoms with Gasteiger partial charge in [0.2, 0.25) is 0 Å². The van der Waals surface area contributed by atoms with Gasteiger partial charge in [0.25, 0.3) is 0 Å². The number of amides is 2. The van der Waals surface area contributed by atoms with Crippen LogP contribution in [0, 0.1) is 11.8 Å². The van der Waals surface area contributed by atoms with E-state index in [2.05, 4.69) is 32.0 Å². The number of likely N-dealkylation sites (tertiary alicyclic amines) is 1. The zero-order valence-electron chi connectivity index (χ0n) is 16.7. The third-order valence-corrected chi connectivity index (χ3v) is 6.30. The highest BCUT2D eigenvalue weighted by Gasteiger charge is 2.39. The monoisotopic (exact) mass is 397 g/mol. The number of aromatic nitrogens is 2. The van der Waals surface area contributed by atoms with Crippen LogP contribution in [-0.2, 0) is 11.3 Å². The van der Waals surface area contributed by atoms with E-state index in [0.29, 0.717) is 18.6 Å². The molecule has 1 aromatic rings. The summed E-state index contributed by atoms with van der Waals surface area (Å²) in [6.45, 7) is 7.01. The maximum Gasteiger partial charge on any atom is 0.329 e. The summed E-state index contributed by atoms with van der Waals surface area (Å²) in [4.78, 5) is 32.2. The smallest absolute Gasteiger partial charge is 0.329 e. The SMILES string of the molecule is CC1CN(Cc2cncnc2)CC1C1=NC2=CN(C3CCOCC3)CN2C(=O)N1. The van der Waals surface area contributed by atoms with E-state index in [-0.39, 0.29) is 11.9 Å². The molecular formula is C20H27N7O2. The number of amidine groups is 1. The molecule has 5 heterocycles. The number of hydrogen-bond donors (Lipinski definition) is 1. The summed E-state index contributed by atoms with van der Waals surface area (Å²) in [6, 6.07) is 0.347. The summed E-state index contributed by atoms with van der Waals surface area (Å²) in [5.41, 5.74) is 1.10. The first kappa shape index (κ1) is 18.5. The minimum atomic E-state index is -0.0714. The zero-order chi connectivity index (χ0) is 19.8. The topological polar surface area (TPSA) is 86.2 Å². The first-order valence-corrected chi connectivity index (χ1v) is 10.4. The number of rotatable bonds is 4. The number of carbonyl (C=O) groups excluding carboxylic acids is 1. The third kappa shape index (κ3) is 3.72. The normalized spacial score (nSPS) is 28.2. The molecule has 0 aliphatic carbocycles. The largest absolute Gasteiger partial charge is 0.381 e. The van der Waals surface area contributed by atoms with Crippen molar-refractivity contribution in [3.63, 3.8) is 0 Å². The Morgan fingerprint density at radius 1 is 1.21 bits per heavy atom. The second-order valence-corrected chi connectivity index (χ2v) is 8.37. The van der Waals surface area contributed by atoms with Gasteiger partial charge in [-0.1, -0.05) is 6.92 Å². The van der Waals surface area contributed by atoms with Gasteiger partial charge in [-0.25, -0.2) is 19.8 Å². The average Bonchev–Trinajstić information content (AvgIpc) is 3.33. The van der Waals surface area contributed by atoms with Crippen LogP contribution in [0.4, 0.5) is 4.79 Å². The minimum absolute atomic E-state index is 0.0714. The highest BCUT2D eigenvalue weighted by molar-refractivity contribution is 6.02. The molecule has 2 atom stereocenters. The zero-order valence-corrected chi connectivity index (χ0v) is 16.7. The Hall–Kier alpha value is -2.52. The summed E-state index contributed by atoms with van der Waals surface area (Å²) >= 11 is 0. The van der Waals surface area contributed by atoms with Crippen molar-refractivity contribution in [2.45, 2.75) is 32.4 Å². The summed E-state index contributed by atoms with van der Waals surface area (Å²) in [6.07, 6.45) is 9.30. The van der Waals surface area contributed by atoms with Gasteiger partial charge >= 0.3 is 6.03 Å². The molecular weight excluding hydrogens is 370 g/mol. The Bertz CT molecular complexity index is 821. The van der Waals surface area contributed by atoms with Gasteiger partial charge in [0, 0.05) is 69.0 Å². The van der Waals surface area contributed by atoms with Crippen LogP contribution in [0.3, 0.4) is 0 Å². The molecule has 29 heavy (non-hydrogen) atoms. The molecule has 9 nitrogen and oxygen atoms in total. The summed E-state index contributed by atoms with van der Waals surface area (Å²) in [7, 11) is 0. The summed E-state index contributed by atoms with van der Waals surface area (Å²) in [5.74, 6) is 2.19. The van der Waals surface area contributed by atoms with Crippen molar-refractivity contribution in [3.05, 3.63) is 36.3 Å². The first-order valence-electron chi connectivity index (χ1n) is 10.4. The van der Waals surface area contributed by atoms with Crippen LogP contribution in [0.5, 0.6) is 0 Å². The van der Waals surface area contributed by atoms with E-state index in [1.807, 2.05) is 18.6 Å². The summed E-state index contributed by atoms with van der Waals surface area (Å²) in [5, 5.41) is 3.06. The number of ether oxygens (including phenoxy) is 1. The van der Waals surface area contributed by atoms with Crippen molar-refractivity contribution in [1.82, 2.24) is 30.0 Å². The van der Waals surface area contributed by atoms with Gasteiger partial charge in [-0.2, -0.15) is 0 Å². The van der Waals surface area contributed by atoms with Crippen LogP contribution in [0.1, 0.15) is 25.3 Å². The van der Waals surface area contributed by atoms with Crippen LogP contribution >= 0.6 is 0 Å². The molecule has 2 amide bonds. The van der Waals surface area contributed by atoms with Crippen LogP contribution in [0.15, 0.2) is 35.7 Å². The van der Waals surface area contributed by atoms with Crippen LogP contribution < -0.4 is 5.32 Å². The maximum absolute atomic E-state index is 12.8. The Kier molecular flexibility index (Phi) is 4.92. The second kappa shape index (κ2) is 7.72. The highest BCUT2D eigenvalue weighted by Crippen LogP contribution is 2.30. The molecule has 1 aromatic heterocycles. The molecule has 1 N–H and O–H groups in total. The predicted octanol–water partition coefficient (Wildman–Crippen LogP) is 1.22. The Morgan fingerprint density at radius 3 is 2.79 bits per heavy atom. The fourth-order valence-electron chi connectivity index (χ4n) is 4.72. The highest BCUT2D eigenvalue weighted by atomic mass is 16.5. The number of nitrogens with zero attached hydrogens (tertiary/aromatic N) is 6. The fourth-order valence-corrected chi connectivity index (χ4v) is 4.72. The van der Waals surface area contributed by atoms with Gasteiger partial charge in [-0.15, -0.1) is 0 Å². The van der Waals surface area contributed by atoms with E-state index >= 15 is 0 Å². The molecule has 0 radical (unpaired) electrons. The van der Waals surface area contributed by atoms with Crippen molar-refractivity contribution in [1.29, 1.82) is 0 Å². The quantitative estimate of drug-likeness (QED) is 0.822. The molecule has 5 rings (SSSR count). The lowest BCUT2D eigenvalue weighted by Crippen LogP contribution is -2.50. The van der Waals surface area contributed by atoms with Crippen molar-refractivity contribution < 1.29 is 9.53 Å². The maximum atomic E-state index is 12.8. The lowest BCUT2D eigenvalue weighted by Gasteiger charge is -2.32. The van der Waals surface area contributed by atoms with Gasteiger partial charge in [-0.05, 0) is 18.8 Å². The van der Waals surface area contributed by atoms with Gasteiger partial charge in [0.1, 0.15) is 18.8 Å². The van der Waals surface area contributed by atoms with E-state index in [0.717, 1.165) is 62.9 Å². The van der Waals surface area contributed by atoms with E-state index in [9.17, 15) is 4.79 Å². The average molecular weight is 397 g/mol. The minimum Gasteiger partial charge on any atom is -0.381 e. The van der Waals surface area contributed by atoms with E-state index in [4.69, 9.17) is 9.73 Å². The van der Waals surface area contributed by atoms with E-state index in [1.165, 1.54) is 0 Å². The van der Waals surface area contributed by atoms with Crippen LogP contribution in [-0.4, -0.2) is 75.5 Å². The fraction of sp³-hybridized carbons (Fsp3) is 0.600. The van der Waals surface area contributed by atoms with Crippen molar-refractivity contribution in [2.24, 2.45) is 16.8 Å². The molecule has 2 fully saturated rings. The molecule has 4 aliphatic rings.